The average Bonchev–Trinajstić information content (AvgIpc) is 3.97. The Kier molecular flexibility index (Phi) is 7.89. The number of aromatic nitrogens is 16. The SMILES string of the molecule is Cn1cnc2c1c(=O)n(CC(Cn1c(=O)c3c(ncn3C)n(C)c1=O)(Cn1c(=O)c3c(ncn3C)n(C)c1=O)Cn1c(=O)c3c(ncn3C)n(C)c1=O)c(=O)n2C. The molecule has 0 aromatic carbocycles. The minimum absolute atomic E-state index is 0.00385. The van der Waals surface area contributed by atoms with Crippen LogP contribution in [-0.2, 0) is 82.6 Å². The zero-order valence-corrected chi connectivity index (χ0v) is 32.1. The molecule has 8 heterocycles. The second kappa shape index (κ2) is 12.3. The molecule has 0 atom stereocenters. The minimum atomic E-state index is -2.05. The van der Waals surface area contributed by atoms with E-state index < -0.39 is 76.6 Å². The molecule has 0 fully saturated rings. The summed E-state index contributed by atoms with van der Waals surface area (Å²) in [6.07, 6.45) is 5.37. The van der Waals surface area contributed by atoms with E-state index in [1.165, 1.54) is 71.8 Å². The maximum atomic E-state index is 14.4. The number of fused-ring (bicyclic) bond motifs is 4. The fourth-order valence-corrected chi connectivity index (χ4v) is 7.78. The predicted octanol–water partition coefficient (Wildman–Crippen LogP) is -4.24. The van der Waals surface area contributed by atoms with E-state index in [1.807, 2.05) is 0 Å². The Bertz CT molecular complexity index is 3080. The molecule has 0 aliphatic heterocycles. The lowest BCUT2D eigenvalue weighted by Crippen LogP contribution is -2.56. The number of hydrogen-bond acceptors (Lipinski definition) is 12. The van der Waals surface area contributed by atoms with Crippen molar-refractivity contribution in [2.24, 2.45) is 61.8 Å². The normalized spacial score (nSPS) is 12.4. The summed E-state index contributed by atoms with van der Waals surface area (Å²) in [7, 11) is 11.7. The molecule has 0 spiro atoms. The molecule has 0 bridgehead atoms. The van der Waals surface area contributed by atoms with Crippen LogP contribution in [0.5, 0.6) is 0 Å². The van der Waals surface area contributed by atoms with E-state index in [-0.39, 0.29) is 44.7 Å². The third-order valence-electron chi connectivity index (χ3n) is 10.8. The van der Waals surface area contributed by atoms with Gasteiger partial charge in [-0.15, -0.1) is 0 Å². The molecule has 0 N–H and O–H groups in total. The van der Waals surface area contributed by atoms with Crippen LogP contribution in [0.2, 0.25) is 0 Å². The van der Waals surface area contributed by atoms with Gasteiger partial charge in [-0.05, 0) is 0 Å². The lowest BCUT2D eigenvalue weighted by Gasteiger charge is -2.35. The molecule has 24 nitrogen and oxygen atoms in total. The van der Waals surface area contributed by atoms with E-state index in [2.05, 4.69) is 19.9 Å². The summed E-state index contributed by atoms with van der Waals surface area (Å²) in [5.74, 6) is 0. The Morgan fingerprint density at radius 1 is 0.368 bits per heavy atom. The van der Waals surface area contributed by atoms with Crippen molar-refractivity contribution in [1.82, 2.24) is 74.7 Å². The van der Waals surface area contributed by atoms with Gasteiger partial charge in [0, 0.05) is 88.0 Å². The third kappa shape index (κ3) is 5.05. The molecule has 0 saturated heterocycles. The second-order valence-corrected chi connectivity index (χ2v) is 14.5. The summed E-state index contributed by atoms with van der Waals surface area (Å²) < 4.78 is 13.4. The summed E-state index contributed by atoms with van der Waals surface area (Å²) in [4.78, 5) is 131. The molecule has 24 heteroatoms. The minimum Gasteiger partial charge on any atom is -0.328 e. The first kappa shape index (κ1) is 36.6. The first-order valence-electron chi connectivity index (χ1n) is 17.3. The summed E-state index contributed by atoms with van der Waals surface area (Å²) in [6, 6.07) is 0. The molecule has 296 valence electrons. The largest absolute Gasteiger partial charge is 0.332 e. The van der Waals surface area contributed by atoms with E-state index in [1.54, 1.807) is 28.2 Å². The van der Waals surface area contributed by atoms with Gasteiger partial charge < -0.3 is 18.3 Å². The van der Waals surface area contributed by atoms with Crippen LogP contribution in [0, 0.1) is 5.41 Å². The highest BCUT2D eigenvalue weighted by Gasteiger charge is 2.39. The van der Waals surface area contributed by atoms with Crippen LogP contribution in [0.1, 0.15) is 0 Å². The maximum Gasteiger partial charge on any atom is 0.332 e. The summed E-state index contributed by atoms with van der Waals surface area (Å²) in [5.41, 5.74) is -8.73. The molecule has 0 aliphatic carbocycles. The van der Waals surface area contributed by atoms with Crippen molar-refractivity contribution in [3.8, 4) is 0 Å². The van der Waals surface area contributed by atoms with Gasteiger partial charge in [0.2, 0.25) is 0 Å². The molecule has 0 aliphatic rings. The van der Waals surface area contributed by atoms with Gasteiger partial charge in [-0.25, -0.2) is 39.1 Å². The van der Waals surface area contributed by atoms with Crippen molar-refractivity contribution >= 4 is 44.7 Å². The van der Waals surface area contributed by atoms with Crippen LogP contribution in [0.15, 0.2) is 63.7 Å². The highest BCUT2D eigenvalue weighted by atomic mass is 16.2. The van der Waals surface area contributed by atoms with E-state index in [0.29, 0.717) is 0 Å². The van der Waals surface area contributed by atoms with Crippen molar-refractivity contribution in [2.45, 2.75) is 26.2 Å². The lowest BCUT2D eigenvalue weighted by atomic mass is 9.86. The highest BCUT2D eigenvalue weighted by Crippen LogP contribution is 2.26. The lowest BCUT2D eigenvalue weighted by molar-refractivity contribution is 0.118. The van der Waals surface area contributed by atoms with Gasteiger partial charge in [0.25, 0.3) is 22.2 Å². The molecule has 8 aromatic rings. The fourth-order valence-electron chi connectivity index (χ4n) is 7.78. The molecule has 0 amide bonds. The van der Waals surface area contributed by atoms with Crippen LogP contribution in [-0.4, -0.2) is 74.7 Å². The molecule has 0 saturated carbocycles. The molecule has 0 unspecified atom stereocenters. The van der Waals surface area contributed by atoms with Crippen LogP contribution >= 0.6 is 0 Å². The Morgan fingerprint density at radius 3 is 0.754 bits per heavy atom. The first-order chi connectivity index (χ1) is 26.9. The standard InChI is InChI=1S/C33H36N16O8/c1-38-13-34-21-17(38)25(50)46(29(54)42(21)5)9-33(10-47-26(51)18-22(35-14-39(18)2)43(6)30(47)55,11-48-27(52)19-23(36-15-40(19)3)44(7)31(48)56)12-49-28(53)20-24(37-16-41(20)4)45(8)32(49)57/h13-16H,9-12H2,1-8H3. The Labute approximate surface area is 315 Å². The highest BCUT2D eigenvalue weighted by molar-refractivity contribution is 5.72. The monoisotopic (exact) mass is 784 g/mol. The van der Waals surface area contributed by atoms with Crippen LogP contribution in [0.4, 0.5) is 0 Å². The van der Waals surface area contributed by atoms with Crippen molar-refractivity contribution in [3.63, 3.8) is 0 Å². The topological polar surface area (TPSA) is 247 Å². The van der Waals surface area contributed by atoms with E-state index in [0.717, 1.165) is 36.5 Å². The van der Waals surface area contributed by atoms with Crippen molar-refractivity contribution in [3.05, 3.63) is 109 Å². The average molecular weight is 785 g/mol. The molecular weight excluding hydrogens is 748 g/mol. The zero-order valence-electron chi connectivity index (χ0n) is 32.1. The maximum absolute atomic E-state index is 14.4. The molecule has 8 aromatic heterocycles. The van der Waals surface area contributed by atoms with Crippen molar-refractivity contribution in [1.29, 1.82) is 0 Å². The van der Waals surface area contributed by atoms with Gasteiger partial charge in [0.15, 0.2) is 44.7 Å². The number of nitrogens with zero attached hydrogens (tertiary/aromatic N) is 16. The van der Waals surface area contributed by atoms with Crippen LogP contribution in [0.3, 0.4) is 0 Å². The van der Waals surface area contributed by atoms with E-state index in [9.17, 15) is 38.4 Å². The Morgan fingerprint density at radius 2 is 0.561 bits per heavy atom. The van der Waals surface area contributed by atoms with E-state index >= 15 is 0 Å². The van der Waals surface area contributed by atoms with Gasteiger partial charge in [-0.1, -0.05) is 0 Å². The van der Waals surface area contributed by atoms with Gasteiger partial charge in [-0.3, -0.25) is 55.7 Å². The van der Waals surface area contributed by atoms with E-state index in [4.69, 9.17) is 0 Å². The molecule has 0 radical (unpaired) electrons. The summed E-state index contributed by atoms with van der Waals surface area (Å²) in [6.45, 7) is -2.96. The van der Waals surface area contributed by atoms with Gasteiger partial charge >= 0.3 is 22.8 Å². The van der Waals surface area contributed by atoms with Gasteiger partial charge in [0.1, 0.15) is 0 Å². The summed E-state index contributed by atoms with van der Waals surface area (Å²) >= 11 is 0. The van der Waals surface area contributed by atoms with Crippen molar-refractivity contribution < 1.29 is 0 Å². The number of imidazole rings is 4. The van der Waals surface area contributed by atoms with Gasteiger partial charge in [-0.2, -0.15) is 0 Å². The number of hydrogen-bond donors (Lipinski definition) is 0. The van der Waals surface area contributed by atoms with Gasteiger partial charge in [0.05, 0.1) is 25.3 Å². The molecule has 57 heavy (non-hydrogen) atoms. The quantitative estimate of drug-likeness (QED) is 0.142. The van der Waals surface area contributed by atoms with Crippen molar-refractivity contribution in [2.75, 3.05) is 0 Å². The third-order valence-corrected chi connectivity index (χ3v) is 10.8. The van der Waals surface area contributed by atoms with Crippen LogP contribution < -0.4 is 45.0 Å². The molecular formula is C33H36N16O8. The Balaban J connectivity index is 1.52. The predicted molar refractivity (Wildman–Crippen MR) is 203 cm³/mol. The summed E-state index contributed by atoms with van der Waals surface area (Å²) in [5, 5.41) is 0. The smallest absolute Gasteiger partial charge is 0.328 e. The van der Waals surface area contributed by atoms with Crippen LogP contribution in [0.25, 0.3) is 44.7 Å². The Hall–Kier alpha value is -7.40. The number of aryl methyl sites for hydroxylation is 8. The number of rotatable bonds is 8. The first-order valence-corrected chi connectivity index (χ1v) is 17.3. The fraction of sp³-hybridized carbons (Fsp3) is 0.394. The molecule has 8 rings (SSSR count). The zero-order chi connectivity index (χ0) is 41.2. The second-order valence-electron chi connectivity index (χ2n) is 14.5.